The maximum atomic E-state index is 11.8. The van der Waals surface area contributed by atoms with E-state index in [2.05, 4.69) is 31.4 Å². The molecular weight excluding hydrogens is 188 g/mol. The Hall–Kier alpha value is -0.570. The largest absolute Gasteiger partial charge is 0.352 e. The summed E-state index contributed by atoms with van der Waals surface area (Å²) in [7, 11) is 0. The van der Waals surface area contributed by atoms with Crippen LogP contribution in [0, 0.1) is 5.92 Å². The van der Waals surface area contributed by atoms with Crippen LogP contribution in [0.4, 0.5) is 0 Å². The molecule has 15 heavy (non-hydrogen) atoms. The van der Waals surface area contributed by atoms with Gasteiger partial charge in [-0.05, 0) is 32.2 Å². The molecule has 0 bridgehead atoms. The summed E-state index contributed by atoms with van der Waals surface area (Å²) in [6.07, 6.45) is 4.38. The van der Waals surface area contributed by atoms with Crippen LogP contribution in [-0.4, -0.2) is 24.5 Å². The SMILES string of the molecule is CCC(CC)C(C)NC(=O)C1CCCN1. The molecule has 1 heterocycles. The highest BCUT2D eigenvalue weighted by molar-refractivity contribution is 5.82. The van der Waals surface area contributed by atoms with E-state index in [1.165, 1.54) is 0 Å². The van der Waals surface area contributed by atoms with Crippen LogP contribution in [0.5, 0.6) is 0 Å². The van der Waals surface area contributed by atoms with Gasteiger partial charge in [0.25, 0.3) is 0 Å². The molecule has 1 fully saturated rings. The zero-order valence-electron chi connectivity index (χ0n) is 10.2. The fourth-order valence-corrected chi connectivity index (χ4v) is 2.35. The van der Waals surface area contributed by atoms with Crippen LogP contribution in [-0.2, 0) is 4.79 Å². The Morgan fingerprint density at radius 1 is 1.47 bits per heavy atom. The molecule has 1 amide bonds. The molecule has 3 heteroatoms. The summed E-state index contributed by atoms with van der Waals surface area (Å²) >= 11 is 0. The van der Waals surface area contributed by atoms with Crippen molar-refractivity contribution in [2.45, 2.75) is 58.5 Å². The zero-order chi connectivity index (χ0) is 11.3. The Morgan fingerprint density at radius 2 is 2.13 bits per heavy atom. The highest BCUT2D eigenvalue weighted by atomic mass is 16.2. The standard InChI is InChI=1S/C12H24N2O/c1-4-10(5-2)9(3)14-12(15)11-7-6-8-13-11/h9-11,13H,4-8H2,1-3H3,(H,14,15). The molecule has 3 nitrogen and oxygen atoms in total. The van der Waals surface area contributed by atoms with Crippen molar-refractivity contribution in [3.8, 4) is 0 Å². The Morgan fingerprint density at radius 3 is 2.60 bits per heavy atom. The maximum Gasteiger partial charge on any atom is 0.237 e. The second-order valence-electron chi connectivity index (χ2n) is 4.52. The first-order valence-corrected chi connectivity index (χ1v) is 6.22. The third kappa shape index (κ3) is 3.49. The Balaban J connectivity index is 2.35. The van der Waals surface area contributed by atoms with Crippen LogP contribution in [0.2, 0.25) is 0 Å². The van der Waals surface area contributed by atoms with Gasteiger partial charge in [0.2, 0.25) is 5.91 Å². The highest BCUT2D eigenvalue weighted by Gasteiger charge is 2.24. The molecule has 0 aliphatic carbocycles. The molecule has 1 rings (SSSR count). The highest BCUT2D eigenvalue weighted by Crippen LogP contribution is 2.13. The maximum absolute atomic E-state index is 11.8. The summed E-state index contributed by atoms with van der Waals surface area (Å²) < 4.78 is 0. The third-order valence-electron chi connectivity index (χ3n) is 3.50. The van der Waals surface area contributed by atoms with Crippen molar-refractivity contribution in [2.24, 2.45) is 5.92 Å². The molecule has 1 aliphatic rings. The molecule has 0 aromatic rings. The molecule has 2 unspecified atom stereocenters. The van der Waals surface area contributed by atoms with Crippen LogP contribution >= 0.6 is 0 Å². The van der Waals surface area contributed by atoms with Crippen LogP contribution in [0.25, 0.3) is 0 Å². The predicted molar refractivity (Wildman–Crippen MR) is 62.7 cm³/mol. The fourth-order valence-electron chi connectivity index (χ4n) is 2.35. The minimum absolute atomic E-state index is 0.0572. The van der Waals surface area contributed by atoms with Gasteiger partial charge in [-0.15, -0.1) is 0 Å². The summed E-state index contributed by atoms with van der Waals surface area (Å²) in [5.74, 6) is 0.794. The topological polar surface area (TPSA) is 41.1 Å². The number of rotatable bonds is 5. The number of carbonyl (C=O) groups excluding carboxylic acids is 1. The van der Waals surface area contributed by atoms with Gasteiger partial charge in [0.15, 0.2) is 0 Å². The second kappa shape index (κ2) is 6.11. The molecular formula is C12H24N2O. The van der Waals surface area contributed by atoms with E-state index in [1.54, 1.807) is 0 Å². The lowest BCUT2D eigenvalue weighted by Gasteiger charge is -2.24. The summed E-state index contributed by atoms with van der Waals surface area (Å²) in [6.45, 7) is 7.47. The Labute approximate surface area is 93.0 Å². The van der Waals surface area contributed by atoms with Crippen molar-refractivity contribution >= 4 is 5.91 Å². The minimum Gasteiger partial charge on any atom is -0.352 e. The fraction of sp³-hybridized carbons (Fsp3) is 0.917. The van der Waals surface area contributed by atoms with E-state index in [1.807, 2.05) is 0 Å². The average molecular weight is 212 g/mol. The van der Waals surface area contributed by atoms with Gasteiger partial charge in [0.05, 0.1) is 6.04 Å². The molecule has 2 atom stereocenters. The molecule has 1 aliphatic heterocycles. The number of hydrogen-bond acceptors (Lipinski definition) is 2. The number of amides is 1. The van der Waals surface area contributed by atoms with Crippen LogP contribution < -0.4 is 10.6 Å². The van der Waals surface area contributed by atoms with Crippen LogP contribution in [0.15, 0.2) is 0 Å². The molecule has 0 aromatic carbocycles. The Kier molecular flexibility index (Phi) is 5.09. The van der Waals surface area contributed by atoms with Gasteiger partial charge in [-0.2, -0.15) is 0 Å². The minimum atomic E-state index is 0.0572. The van der Waals surface area contributed by atoms with Gasteiger partial charge >= 0.3 is 0 Å². The van der Waals surface area contributed by atoms with Crippen molar-refractivity contribution in [3.63, 3.8) is 0 Å². The second-order valence-corrected chi connectivity index (χ2v) is 4.52. The normalized spacial score (nSPS) is 23.1. The average Bonchev–Trinajstić information content (AvgIpc) is 2.72. The molecule has 0 radical (unpaired) electrons. The van der Waals surface area contributed by atoms with E-state index in [-0.39, 0.29) is 11.9 Å². The number of hydrogen-bond donors (Lipinski definition) is 2. The van der Waals surface area contributed by atoms with Crippen molar-refractivity contribution in [3.05, 3.63) is 0 Å². The molecule has 0 spiro atoms. The lowest BCUT2D eigenvalue weighted by Crippen LogP contribution is -2.46. The molecule has 0 saturated carbocycles. The van der Waals surface area contributed by atoms with Crippen molar-refractivity contribution in [2.75, 3.05) is 6.54 Å². The first-order valence-electron chi connectivity index (χ1n) is 6.22. The lowest BCUT2D eigenvalue weighted by molar-refractivity contribution is -0.123. The van der Waals surface area contributed by atoms with E-state index in [9.17, 15) is 4.79 Å². The van der Waals surface area contributed by atoms with E-state index < -0.39 is 0 Å². The zero-order valence-corrected chi connectivity index (χ0v) is 10.2. The predicted octanol–water partition coefficient (Wildman–Crippen LogP) is 1.68. The van der Waals surface area contributed by atoms with Gasteiger partial charge in [0.1, 0.15) is 0 Å². The van der Waals surface area contributed by atoms with Gasteiger partial charge < -0.3 is 10.6 Å². The van der Waals surface area contributed by atoms with Gasteiger partial charge in [-0.1, -0.05) is 26.7 Å². The molecule has 0 aromatic heterocycles. The third-order valence-corrected chi connectivity index (χ3v) is 3.50. The molecule has 1 saturated heterocycles. The molecule has 2 N–H and O–H groups in total. The lowest BCUT2D eigenvalue weighted by atomic mass is 9.95. The number of nitrogens with one attached hydrogen (secondary N) is 2. The van der Waals surface area contributed by atoms with E-state index in [4.69, 9.17) is 0 Å². The number of carbonyl (C=O) groups is 1. The van der Waals surface area contributed by atoms with Gasteiger partial charge in [-0.3, -0.25) is 4.79 Å². The van der Waals surface area contributed by atoms with Gasteiger partial charge in [0, 0.05) is 6.04 Å². The van der Waals surface area contributed by atoms with E-state index in [0.29, 0.717) is 12.0 Å². The first-order chi connectivity index (χ1) is 7.19. The quantitative estimate of drug-likeness (QED) is 0.728. The van der Waals surface area contributed by atoms with Crippen molar-refractivity contribution in [1.29, 1.82) is 0 Å². The summed E-state index contributed by atoms with van der Waals surface area (Å²) in [5.41, 5.74) is 0. The van der Waals surface area contributed by atoms with E-state index >= 15 is 0 Å². The smallest absolute Gasteiger partial charge is 0.237 e. The van der Waals surface area contributed by atoms with Gasteiger partial charge in [-0.25, -0.2) is 0 Å². The van der Waals surface area contributed by atoms with Crippen molar-refractivity contribution < 1.29 is 4.79 Å². The summed E-state index contributed by atoms with van der Waals surface area (Å²) in [4.78, 5) is 11.8. The Bertz CT molecular complexity index is 196. The monoisotopic (exact) mass is 212 g/mol. The summed E-state index contributed by atoms with van der Waals surface area (Å²) in [5, 5.41) is 6.35. The van der Waals surface area contributed by atoms with Crippen LogP contribution in [0.1, 0.15) is 46.5 Å². The van der Waals surface area contributed by atoms with E-state index in [0.717, 1.165) is 32.2 Å². The molecule has 88 valence electrons. The first kappa shape index (κ1) is 12.5. The van der Waals surface area contributed by atoms with Crippen LogP contribution in [0.3, 0.4) is 0 Å². The van der Waals surface area contributed by atoms with Crippen molar-refractivity contribution in [1.82, 2.24) is 10.6 Å². The summed E-state index contributed by atoms with van der Waals surface area (Å²) in [6, 6.07) is 0.358.